The van der Waals surface area contributed by atoms with E-state index in [0.717, 1.165) is 12.0 Å². The van der Waals surface area contributed by atoms with Crippen LogP contribution in [0.25, 0.3) is 0 Å². The summed E-state index contributed by atoms with van der Waals surface area (Å²) < 4.78 is 25.7. The van der Waals surface area contributed by atoms with E-state index in [1.54, 1.807) is 11.9 Å². The first-order chi connectivity index (χ1) is 11.7. The first-order valence-corrected chi connectivity index (χ1v) is 8.83. The molecule has 0 spiro atoms. The fraction of sp³-hybridized carbons (Fsp3) is 0.550. The van der Waals surface area contributed by atoms with Crippen molar-refractivity contribution in [1.29, 1.82) is 0 Å². The first kappa shape index (κ1) is 21.1. The van der Waals surface area contributed by atoms with Gasteiger partial charge in [-0.1, -0.05) is 39.0 Å². The van der Waals surface area contributed by atoms with Gasteiger partial charge in [-0.3, -0.25) is 4.79 Å². The summed E-state index contributed by atoms with van der Waals surface area (Å²) in [6.45, 7) is 8.97. The Bertz CT molecular complexity index is 585. The lowest BCUT2D eigenvalue weighted by molar-refractivity contribution is -0.113. The first-order valence-electron chi connectivity index (χ1n) is 8.83. The third-order valence-corrected chi connectivity index (χ3v) is 4.11. The van der Waals surface area contributed by atoms with Crippen LogP contribution in [0.15, 0.2) is 36.0 Å². The molecule has 0 fully saturated rings. The van der Waals surface area contributed by atoms with Gasteiger partial charge >= 0.3 is 0 Å². The zero-order chi connectivity index (χ0) is 19.0. The number of carbonyl (C=O) groups excluding carboxylic acids is 1. The maximum Gasteiger partial charge on any atom is 0.253 e. The number of amides is 1. The lowest BCUT2D eigenvalue weighted by atomic mass is 9.91. The van der Waals surface area contributed by atoms with Crippen LogP contribution < -0.4 is 5.32 Å². The SMILES string of the molecule is CCN(C)/C=C(\CC(F)F)C(=O)Nc1ccccc1C(C)CC(C)C. The highest BCUT2D eigenvalue weighted by Crippen LogP contribution is 2.29. The molecule has 0 radical (unpaired) electrons. The topological polar surface area (TPSA) is 32.3 Å². The summed E-state index contributed by atoms with van der Waals surface area (Å²) >= 11 is 0. The molecule has 0 aliphatic carbocycles. The van der Waals surface area contributed by atoms with E-state index in [2.05, 4.69) is 26.1 Å². The van der Waals surface area contributed by atoms with E-state index in [1.165, 1.54) is 6.20 Å². The molecular weight excluding hydrogens is 322 g/mol. The van der Waals surface area contributed by atoms with E-state index in [-0.39, 0.29) is 11.5 Å². The number of hydrogen-bond acceptors (Lipinski definition) is 2. The van der Waals surface area contributed by atoms with Gasteiger partial charge in [-0.05, 0) is 36.8 Å². The second-order valence-corrected chi connectivity index (χ2v) is 6.89. The van der Waals surface area contributed by atoms with Gasteiger partial charge in [0.2, 0.25) is 6.43 Å². The third-order valence-electron chi connectivity index (χ3n) is 4.11. The maximum atomic E-state index is 12.8. The summed E-state index contributed by atoms with van der Waals surface area (Å²) in [6.07, 6.45) is -0.621. The molecule has 0 heterocycles. The van der Waals surface area contributed by atoms with Gasteiger partial charge in [-0.15, -0.1) is 0 Å². The highest BCUT2D eigenvalue weighted by atomic mass is 19.3. The minimum Gasteiger partial charge on any atom is -0.380 e. The van der Waals surface area contributed by atoms with Gasteiger partial charge in [-0.25, -0.2) is 8.78 Å². The van der Waals surface area contributed by atoms with Gasteiger partial charge in [0.05, 0.1) is 0 Å². The number of benzene rings is 1. The Hall–Kier alpha value is -1.91. The van der Waals surface area contributed by atoms with Gasteiger partial charge in [0.25, 0.3) is 5.91 Å². The Morgan fingerprint density at radius 3 is 2.44 bits per heavy atom. The van der Waals surface area contributed by atoms with Crippen molar-refractivity contribution >= 4 is 11.6 Å². The molecule has 5 heteroatoms. The largest absolute Gasteiger partial charge is 0.380 e. The van der Waals surface area contributed by atoms with Crippen LogP contribution in [0, 0.1) is 5.92 Å². The monoisotopic (exact) mass is 352 g/mol. The molecule has 1 unspecified atom stereocenters. The van der Waals surface area contributed by atoms with Gasteiger partial charge in [-0.2, -0.15) is 0 Å². The number of nitrogens with zero attached hydrogens (tertiary/aromatic N) is 1. The Morgan fingerprint density at radius 2 is 1.88 bits per heavy atom. The van der Waals surface area contributed by atoms with E-state index in [9.17, 15) is 13.6 Å². The molecule has 25 heavy (non-hydrogen) atoms. The van der Waals surface area contributed by atoms with Crippen LogP contribution in [0.1, 0.15) is 52.0 Å². The van der Waals surface area contributed by atoms with Crippen molar-refractivity contribution in [3.8, 4) is 0 Å². The Kier molecular flexibility index (Phi) is 8.59. The molecule has 0 saturated carbocycles. The predicted octanol–water partition coefficient (Wildman–Crippen LogP) is 5.27. The Balaban J connectivity index is 3.02. The highest BCUT2D eigenvalue weighted by Gasteiger charge is 2.19. The second kappa shape index (κ2) is 10.2. The normalized spacial score (nSPS) is 13.2. The number of anilines is 1. The molecule has 0 aliphatic heterocycles. The molecule has 1 aromatic rings. The molecule has 0 aliphatic rings. The molecule has 1 atom stereocenters. The molecule has 1 aromatic carbocycles. The second-order valence-electron chi connectivity index (χ2n) is 6.89. The van der Waals surface area contributed by atoms with Crippen molar-refractivity contribution in [1.82, 2.24) is 4.90 Å². The predicted molar refractivity (Wildman–Crippen MR) is 99.9 cm³/mol. The lowest BCUT2D eigenvalue weighted by Crippen LogP contribution is -2.21. The van der Waals surface area contributed by atoms with Gasteiger partial charge in [0, 0.05) is 37.5 Å². The summed E-state index contributed by atoms with van der Waals surface area (Å²) in [5.74, 6) is 0.341. The molecule has 1 N–H and O–H groups in total. The van der Waals surface area contributed by atoms with Gasteiger partial charge < -0.3 is 10.2 Å². The van der Waals surface area contributed by atoms with Crippen molar-refractivity contribution in [3.63, 3.8) is 0 Å². The molecule has 3 nitrogen and oxygen atoms in total. The van der Waals surface area contributed by atoms with Crippen molar-refractivity contribution in [2.45, 2.75) is 52.9 Å². The minimum absolute atomic E-state index is 0.0886. The van der Waals surface area contributed by atoms with Crippen LogP contribution in [-0.2, 0) is 4.79 Å². The van der Waals surface area contributed by atoms with Gasteiger partial charge in [0.15, 0.2) is 0 Å². The lowest BCUT2D eigenvalue weighted by Gasteiger charge is -2.20. The highest BCUT2D eigenvalue weighted by molar-refractivity contribution is 6.04. The number of carbonyl (C=O) groups is 1. The van der Waals surface area contributed by atoms with Crippen molar-refractivity contribution in [2.24, 2.45) is 5.92 Å². The van der Waals surface area contributed by atoms with Crippen LogP contribution in [0.3, 0.4) is 0 Å². The number of halogens is 2. The van der Waals surface area contributed by atoms with E-state index in [4.69, 9.17) is 0 Å². The summed E-state index contributed by atoms with van der Waals surface area (Å²) in [5, 5.41) is 2.83. The molecule has 1 rings (SSSR count). The molecule has 0 bridgehead atoms. The Labute approximate surface area is 150 Å². The maximum absolute atomic E-state index is 12.8. The quantitative estimate of drug-likeness (QED) is 0.614. The molecule has 0 saturated heterocycles. The average molecular weight is 352 g/mol. The van der Waals surface area contributed by atoms with E-state index < -0.39 is 18.8 Å². The number of alkyl halides is 2. The van der Waals surface area contributed by atoms with E-state index in [1.807, 2.05) is 31.2 Å². The zero-order valence-electron chi connectivity index (χ0n) is 15.9. The summed E-state index contributed by atoms with van der Waals surface area (Å²) in [5.41, 5.74) is 1.82. The fourth-order valence-electron chi connectivity index (χ4n) is 2.80. The zero-order valence-corrected chi connectivity index (χ0v) is 15.9. The molecule has 1 amide bonds. The van der Waals surface area contributed by atoms with Crippen molar-refractivity contribution in [3.05, 3.63) is 41.6 Å². The summed E-state index contributed by atoms with van der Waals surface area (Å²) in [4.78, 5) is 14.3. The minimum atomic E-state index is -2.56. The van der Waals surface area contributed by atoms with Crippen LogP contribution in [-0.4, -0.2) is 30.8 Å². The van der Waals surface area contributed by atoms with Crippen LogP contribution in [0.5, 0.6) is 0 Å². The number of nitrogens with one attached hydrogen (secondary N) is 1. The number of para-hydroxylation sites is 1. The summed E-state index contributed by atoms with van der Waals surface area (Å²) in [7, 11) is 1.76. The average Bonchev–Trinajstić information content (AvgIpc) is 2.53. The van der Waals surface area contributed by atoms with Crippen molar-refractivity contribution < 1.29 is 13.6 Å². The number of rotatable bonds is 9. The Morgan fingerprint density at radius 1 is 1.24 bits per heavy atom. The number of hydrogen-bond donors (Lipinski definition) is 1. The smallest absolute Gasteiger partial charge is 0.253 e. The van der Waals surface area contributed by atoms with Crippen LogP contribution in [0.2, 0.25) is 0 Å². The fourth-order valence-corrected chi connectivity index (χ4v) is 2.80. The van der Waals surface area contributed by atoms with E-state index >= 15 is 0 Å². The molecule has 0 aromatic heterocycles. The van der Waals surface area contributed by atoms with Crippen LogP contribution >= 0.6 is 0 Å². The summed E-state index contributed by atoms with van der Waals surface area (Å²) in [6, 6.07) is 7.59. The van der Waals surface area contributed by atoms with Crippen LogP contribution in [0.4, 0.5) is 14.5 Å². The van der Waals surface area contributed by atoms with Crippen molar-refractivity contribution in [2.75, 3.05) is 18.9 Å². The third kappa shape index (κ3) is 7.24. The molecule has 140 valence electrons. The molecular formula is C20H30F2N2O. The van der Waals surface area contributed by atoms with Gasteiger partial charge in [0.1, 0.15) is 0 Å². The van der Waals surface area contributed by atoms with E-state index in [0.29, 0.717) is 18.2 Å². The standard InChI is InChI=1S/C20H30F2N2O/c1-6-24(5)13-16(12-19(21)22)20(25)23-18-10-8-7-9-17(18)15(4)11-14(2)3/h7-10,13-15,19H,6,11-12H2,1-5H3,(H,23,25)/b16-13+.